The molecule has 0 spiro atoms. The molecule has 0 saturated heterocycles. The first-order chi connectivity index (χ1) is 13.0. The molecule has 0 aliphatic carbocycles. The van der Waals surface area contributed by atoms with Gasteiger partial charge < -0.3 is 19.3 Å². The first kappa shape index (κ1) is 21.1. The molecule has 0 aromatic heterocycles. The first-order valence-electron chi connectivity index (χ1n) is 9.09. The fraction of sp³-hybridized carbons (Fsp3) is 0.409. The molecule has 146 valence electrons. The van der Waals surface area contributed by atoms with Crippen molar-refractivity contribution in [2.45, 2.75) is 39.3 Å². The molecule has 0 radical (unpaired) electrons. The zero-order chi connectivity index (χ0) is 19.6. The van der Waals surface area contributed by atoms with Crippen molar-refractivity contribution >= 4 is 5.78 Å². The van der Waals surface area contributed by atoms with E-state index < -0.39 is 12.2 Å². The number of Topliss-reactive ketones (excluding diaryl/α,β-unsaturated/α-hetero) is 1. The average Bonchev–Trinajstić information content (AvgIpc) is 2.69. The van der Waals surface area contributed by atoms with Crippen LogP contribution < -0.4 is 4.74 Å². The molecule has 5 heteroatoms. The number of ether oxygens (including phenoxy) is 3. The first-order valence-corrected chi connectivity index (χ1v) is 9.09. The van der Waals surface area contributed by atoms with Crippen LogP contribution in [-0.4, -0.2) is 36.8 Å². The van der Waals surface area contributed by atoms with Crippen LogP contribution in [0, 0.1) is 5.92 Å². The summed E-state index contributed by atoms with van der Waals surface area (Å²) in [5, 5.41) is 9.96. The van der Waals surface area contributed by atoms with E-state index in [1.54, 1.807) is 21.0 Å². The predicted molar refractivity (Wildman–Crippen MR) is 104 cm³/mol. The van der Waals surface area contributed by atoms with Crippen LogP contribution in [0.25, 0.3) is 0 Å². The topological polar surface area (TPSA) is 65.0 Å². The van der Waals surface area contributed by atoms with Crippen molar-refractivity contribution in [2.24, 2.45) is 5.92 Å². The fourth-order valence-corrected chi connectivity index (χ4v) is 2.66. The zero-order valence-electron chi connectivity index (χ0n) is 16.1. The fourth-order valence-electron chi connectivity index (χ4n) is 2.66. The van der Waals surface area contributed by atoms with Crippen molar-refractivity contribution in [3.63, 3.8) is 0 Å². The van der Waals surface area contributed by atoms with Gasteiger partial charge in [-0.1, -0.05) is 49.4 Å². The molecular formula is C22H28O5. The maximum absolute atomic E-state index is 12.7. The molecule has 27 heavy (non-hydrogen) atoms. The minimum atomic E-state index is -0.884. The van der Waals surface area contributed by atoms with E-state index >= 15 is 0 Å². The number of hydrogen-bond acceptors (Lipinski definition) is 5. The summed E-state index contributed by atoms with van der Waals surface area (Å²) in [5.74, 6) is 0.256. The minimum absolute atomic E-state index is 0.157. The van der Waals surface area contributed by atoms with E-state index in [4.69, 9.17) is 14.2 Å². The summed E-state index contributed by atoms with van der Waals surface area (Å²) >= 11 is 0. The Morgan fingerprint density at radius 3 is 2.19 bits per heavy atom. The lowest BCUT2D eigenvalue weighted by Crippen LogP contribution is -2.39. The highest BCUT2D eigenvalue weighted by Crippen LogP contribution is 2.15. The van der Waals surface area contributed by atoms with Crippen LogP contribution in [0.15, 0.2) is 54.6 Å². The summed E-state index contributed by atoms with van der Waals surface area (Å²) in [6.45, 7) is 4.31. The molecule has 0 heterocycles. The lowest BCUT2D eigenvalue weighted by molar-refractivity contribution is -0.144. The Kier molecular flexibility index (Phi) is 8.45. The van der Waals surface area contributed by atoms with Gasteiger partial charge >= 0.3 is 0 Å². The summed E-state index contributed by atoms with van der Waals surface area (Å²) in [5.41, 5.74) is 1.96. The third kappa shape index (κ3) is 6.79. The van der Waals surface area contributed by atoms with Crippen molar-refractivity contribution in [3.8, 4) is 5.75 Å². The van der Waals surface area contributed by atoms with Crippen LogP contribution in [0.2, 0.25) is 0 Å². The number of carbonyl (C=O) groups excluding carboxylic acids is 1. The van der Waals surface area contributed by atoms with E-state index in [2.05, 4.69) is 0 Å². The summed E-state index contributed by atoms with van der Waals surface area (Å²) in [4.78, 5) is 12.7. The number of benzene rings is 2. The molecule has 0 saturated carbocycles. The second-order valence-electron chi connectivity index (χ2n) is 6.62. The van der Waals surface area contributed by atoms with Crippen LogP contribution >= 0.6 is 0 Å². The van der Waals surface area contributed by atoms with Gasteiger partial charge in [0.2, 0.25) is 0 Å². The Morgan fingerprint density at radius 2 is 1.59 bits per heavy atom. The molecule has 0 fully saturated rings. The van der Waals surface area contributed by atoms with Gasteiger partial charge in [0.1, 0.15) is 11.9 Å². The standard InChI is InChI=1S/C22H28O5/c1-16(13-26-14-19-9-11-20(25-3)12-10-19)21(24)22(17(2)23)27-15-18-7-5-4-6-8-18/h4-12,16-17,22-23H,13-15H2,1-3H3/t16-,17-,22-/m1/s1. The molecule has 0 unspecified atom stereocenters. The molecule has 2 aromatic rings. The van der Waals surface area contributed by atoms with Crippen molar-refractivity contribution in [1.82, 2.24) is 0 Å². The number of rotatable bonds is 11. The molecule has 0 aliphatic rings. The van der Waals surface area contributed by atoms with E-state index in [9.17, 15) is 9.90 Å². The second kappa shape index (κ2) is 10.8. The number of ketones is 1. The number of carbonyl (C=O) groups is 1. The van der Waals surface area contributed by atoms with Crippen LogP contribution in [0.1, 0.15) is 25.0 Å². The Hall–Kier alpha value is -2.21. The average molecular weight is 372 g/mol. The van der Waals surface area contributed by atoms with Crippen LogP contribution in [0.3, 0.4) is 0 Å². The Morgan fingerprint density at radius 1 is 0.963 bits per heavy atom. The largest absolute Gasteiger partial charge is 0.497 e. The van der Waals surface area contributed by atoms with Crippen molar-refractivity contribution < 1.29 is 24.1 Å². The summed E-state index contributed by atoms with van der Waals surface area (Å²) in [6, 6.07) is 17.2. The van der Waals surface area contributed by atoms with Crippen molar-refractivity contribution in [2.75, 3.05) is 13.7 Å². The van der Waals surface area contributed by atoms with Crippen LogP contribution in [0.4, 0.5) is 0 Å². The molecule has 2 rings (SSSR count). The number of hydrogen-bond donors (Lipinski definition) is 1. The summed E-state index contributed by atoms with van der Waals surface area (Å²) in [6.07, 6.45) is -1.75. The number of methoxy groups -OCH3 is 1. The molecular weight excluding hydrogens is 344 g/mol. The lowest BCUT2D eigenvalue weighted by Gasteiger charge is -2.23. The number of aliphatic hydroxyl groups excluding tert-OH is 1. The van der Waals surface area contributed by atoms with Crippen LogP contribution in [-0.2, 0) is 27.5 Å². The van der Waals surface area contributed by atoms with Crippen LogP contribution in [0.5, 0.6) is 5.75 Å². The predicted octanol–water partition coefficient (Wildman–Crippen LogP) is 3.38. The van der Waals surface area contributed by atoms with Gasteiger partial charge in [0, 0.05) is 5.92 Å². The highest BCUT2D eigenvalue weighted by Gasteiger charge is 2.28. The highest BCUT2D eigenvalue weighted by molar-refractivity contribution is 5.85. The Labute approximate surface area is 160 Å². The van der Waals surface area contributed by atoms with E-state index in [0.29, 0.717) is 6.61 Å². The van der Waals surface area contributed by atoms with E-state index in [0.717, 1.165) is 16.9 Å². The van der Waals surface area contributed by atoms with E-state index in [-0.39, 0.29) is 24.9 Å². The van der Waals surface area contributed by atoms with Crippen molar-refractivity contribution in [3.05, 3.63) is 65.7 Å². The maximum Gasteiger partial charge on any atom is 0.169 e. The third-order valence-corrected chi connectivity index (χ3v) is 4.27. The normalized spacial score (nSPS) is 14.4. The summed E-state index contributed by atoms with van der Waals surface area (Å²) in [7, 11) is 1.62. The van der Waals surface area contributed by atoms with Gasteiger partial charge in [0.25, 0.3) is 0 Å². The SMILES string of the molecule is COc1ccc(COC[C@@H](C)C(=O)[C@H](OCc2ccccc2)[C@@H](C)O)cc1. The van der Waals surface area contributed by atoms with Gasteiger partial charge in [-0.3, -0.25) is 4.79 Å². The van der Waals surface area contributed by atoms with E-state index in [1.807, 2.05) is 54.6 Å². The highest BCUT2D eigenvalue weighted by atomic mass is 16.5. The van der Waals surface area contributed by atoms with Gasteiger partial charge in [-0.2, -0.15) is 0 Å². The van der Waals surface area contributed by atoms with Gasteiger partial charge in [-0.25, -0.2) is 0 Å². The zero-order valence-corrected chi connectivity index (χ0v) is 16.1. The minimum Gasteiger partial charge on any atom is -0.497 e. The molecule has 0 aliphatic heterocycles. The van der Waals surface area contributed by atoms with Gasteiger partial charge in [0.05, 0.1) is 33.0 Å². The smallest absolute Gasteiger partial charge is 0.169 e. The Balaban J connectivity index is 1.82. The monoisotopic (exact) mass is 372 g/mol. The quantitative estimate of drug-likeness (QED) is 0.655. The number of aliphatic hydroxyl groups is 1. The molecule has 0 amide bonds. The van der Waals surface area contributed by atoms with Gasteiger partial charge in [-0.05, 0) is 30.2 Å². The Bertz CT molecular complexity index is 682. The molecule has 3 atom stereocenters. The van der Waals surface area contributed by atoms with Gasteiger partial charge in [-0.15, -0.1) is 0 Å². The third-order valence-electron chi connectivity index (χ3n) is 4.27. The molecule has 5 nitrogen and oxygen atoms in total. The summed E-state index contributed by atoms with van der Waals surface area (Å²) < 4.78 is 16.5. The van der Waals surface area contributed by atoms with Gasteiger partial charge in [0.15, 0.2) is 5.78 Å². The maximum atomic E-state index is 12.7. The van der Waals surface area contributed by atoms with Crippen molar-refractivity contribution in [1.29, 1.82) is 0 Å². The molecule has 2 aromatic carbocycles. The second-order valence-corrected chi connectivity index (χ2v) is 6.62. The molecule has 1 N–H and O–H groups in total. The lowest BCUT2D eigenvalue weighted by atomic mass is 9.99. The van der Waals surface area contributed by atoms with E-state index in [1.165, 1.54) is 0 Å². The molecule has 0 bridgehead atoms.